The van der Waals surface area contributed by atoms with Crippen molar-refractivity contribution in [1.29, 1.82) is 0 Å². The van der Waals surface area contributed by atoms with Crippen molar-refractivity contribution < 1.29 is 28.6 Å². The molecule has 2 heterocycles. The highest BCUT2D eigenvalue weighted by Gasteiger charge is 2.48. The maximum Gasteiger partial charge on any atom is 0.301 e. The number of carbonyl (C=O) groups is 2. The second kappa shape index (κ2) is 10.0. The molecule has 0 radical (unpaired) electrons. The molecular formula is C28H23FN2O5S. The van der Waals surface area contributed by atoms with Gasteiger partial charge in [-0.3, -0.25) is 14.5 Å². The van der Waals surface area contributed by atoms with Crippen molar-refractivity contribution in [3.05, 3.63) is 89.2 Å². The largest absolute Gasteiger partial charge is 0.507 e. The minimum Gasteiger partial charge on any atom is -0.507 e. The molecule has 0 spiro atoms. The zero-order valence-corrected chi connectivity index (χ0v) is 20.9. The van der Waals surface area contributed by atoms with Crippen LogP contribution in [0.3, 0.4) is 0 Å². The van der Waals surface area contributed by atoms with Crippen molar-refractivity contribution in [1.82, 2.24) is 4.98 Å². The molecule has 9 heteroatoms. The maximum atomic E-state index is 13.9. The van der Waals surface area contributed by atoms with E-state index in [1.54, 1.807) is 48.5 Å². The number of aliphatic hydroxyl groups is 1. The van der Waals surface area contributed by atoms with Gasteiger partial charge in [-0.05, 0) is 49.7 Å². The Morgan fingerprint density at radius 1 is 1.00 bits per heavy atom. The molecule has 1 fully saturated rings. The molecule has 1 unspecified atom stereocenters. The van der Waals surface area contributed by atoms with E-state index in [1.807, 2.05) is 13.8 Å². The van der Waals surface area contributed by atoms with Gasteiger partial charge in [-0.2, -0.15) is 0 Å². The summed E-state index contributed by atoms with van der Waals surface area (Å²) < 4.78 is 25.8. The summed E-state index contributed by atoms with van der Waals surface area (Å²) in [6.07, 6.45) is 0. The summed E-state index contributed by atoms with van der Waals surface area (Å²) >= 11 is 1.09. The number of aromatic nitrogens is 1. The first kappa shape index (κ1) is 24.5. The number of Topliss-reactive ketones (excluding diaryl/α,β-unsaturated/α-hetero) is 1. The fraction of sp³-hybridized carbons (Fsp3) is 0.179. The lowest BCUT2D eigenvalue weighted by atomic mass is 9.95. The van der Waals surface area contributed by atoms with Crippen molar-refractivity contribution in [2.24, 2.45) is 0 Å². The van der Waals surface area contributed by atoms with Gasteiger partial charge in [-0.25, -0.2) is 9.37 Å². The van der Waals surface area contributed by atoms with Crippen molar-refractivity contribution in [2.45, 2.75) is 19.9 Å². The Hall–Kier alpha value is -4.24. The van der Waals surface area contributed by atoms with Crippen LogP contribution in [0.5, 0.6) is 11.5 Å². The maximum absolute atomic E-state index is 13.9. The van der Waals surface area contributed by atoms with E-state index in [-0.39, 0.29) is 16.5 Å². The summed E-state index contributed by atoms with van der Waals surface area (Å²) in [7, 11) is 0. The van der Waals surface area contributed by atoms with Crippen molar-refractivity contribution in [3.8, 4) is 11.5 Å². The molecule has 5 rings (SSSR count). The van der Waals surface area contributed by atoms with Gasteiger partial charge in [0.25, 0.3) is 5.78 Å². The van der Waals surface area contributed by atoms with Crippen LogP contribution >= 0.6 is 11.3 Å². The van der Waals surface area contributed by atoms with Crippen molar-refractivity contribution >= 4 is 44.1 Å². The third-order valence-corrected chi connectivity index (χ3v) is 6.94. The van der Waals surface area contributed by atoms with E-state index in [0.717, 1.165) is 11.3 Å². The van der Waals surface area contributed by atoms with Gasteiger partial charge in [0.2, 0.25) is 0 Å². The number of fused-ring (bicyclic) bond motifs is 1. The highest BCUT2D eigenvalue weighted by molar-refractivity contribution is 7.22. The van der Waals surface area contributed by atoms with E-state index in [2.05, 4.69) is 4.98 Å². The topological polar surface area (TPSA) is 89.0 Å². The van der Waals surface area contributed by atoms with E-state index in [9.17, 15) is 19.1 Å². The lowest BCUT2D eigenvalue weighted by Gasteiger charge is -2.24. The number of ketones is 1. The molecule has 0 bridgehead atoms. The molecule has 1 aromatic heterocycles. The number of hydrogen-bond donors (Lipinski definition) is 1. The Morgan fingerprint density at radius 3 is 2.46 bits per heavy atom. The van der Waals surface area contributed by atoms with Crippen LogP contribution in [-0.4, -0.2) is 35.0 Å². The lowest BCUT2D eigenvalue weighted by Crippen LogP contribution is -2.29. The predicted molar refractivity (Wildman–Crippen MR) is 140 cm³/mol. The average Bonchev–Trinajstić information content (AvgIpc) is 3.43. The normalized spacial score (nSPS) is 16.9. The van der Waals surface area contributed by atoms with Crippen LogP contribution in [0.2, 0.25) is 0 Å². The number of thiazole rings is 1. The summed E-state index contributed by atoms with van der Waals surface area (Å²) in [5.74, 6) is -1.46. The van der Waals surface area contributed by atoms with Gasteiger partial charge in [-0.15, -0.1) is 0 Å². The van der Waals surface area contributed by atoms with Gasteiger partial charge >= 0.3 is 5.91 Å². The number of ether oxygens (including phenoxy) is 2. The molecule has 0 aliphatic carbocycles. The van der Waals surface area contributed by atoms with Crippen LogP contribution in [0.1, 0.15) is 31.0 Å². The lowest BCUT2D eigenvalue weighted by molar-refractivity contribution is -0.132. The molecule has 188 valence electrons. The summed E-state index contributed by atoms with van der Waals surface area (Å²) in [6.45, 7) is 4.49. The SMILES string of the molecule is CCOc1ccc(C2C(=C(O)c3ccccc3)C(=O)C(=O)N2c2nc3ccc(F)cc3s2)cc1OCC. The first-order valence-corrected chi connectivity index (χ1v) is 12.6. The first-order chi connectivity index (χ1) is 17.9. The van der Waals surface area contributed by atoms with Crippen LogP contribution in [0.15, 0.2) is 72.3 Å². The Balaban J connectivity index is 1.73. The molecule has 1 N–H and O–H groups in total. The minimum atomic E-state index is -1.000. The molecule has 1 atom stereocenters. The van der Waals surface area contributed by atoms with Crippen LogP contribution in [0.4, 0.5) is 9.52 Å². The third-order valence-electron chi connectivity index (χ3n) is 5.92. The molecule has 0 saturated carbocycles. The van der Waals surface area contributed by atoms with E-state index >= 15 is 0 Å². The fourth-order valence-electron chi connectivity index (χ4n) is 4.32. The van der Waals surface area contributed by atoms with E-state index in [1.165, 1.54) is 23.1 Å². The van der Waals surface area contributed by atoms with Gasteiger partial charge < -0.3 is 14.6 Å². The second-order valence-corrected chi connectivity index (χ2v) is 9.22. The van der Waals surface area contributed by atoms with Gasteiger partial charge in [-0.1, -0.05) is 47.7 Å². The molecule has 37 heavy (non-hydrogen) atoms. The Labute approximate surface area is 216 Å². The van der Waals surface area contributed by atoms with Crippen molar-refractivity contribution in [2.75, 3.05) is 18.1 Å². The minimum absolute atomic E-state index is 0.0757. The monoisotopic (exact) mass is 518 g/mol. The molecule has 4 aromatic rings. The highest BCUT2D eigenvalue weighted by Crippen LogP contribution is 2.46. The Morgan fingerprint density at radius 2 is 1.73 bits per heavy atom. The zero-order valence-electron chi connectivity index (χ0n) is 20.1. The van der Waals surface area contributed by atoms with E-state index in [4.69, 9.17) is 9.47 Å². The van der Waals surface area contributed by atoms with Crippen LogP contribution in [-0.2, 0) is 9.59 Å². The van der Waals surface area contributed by atoms with E-state index < -0.39 is 23.5 Å². The quantitative estimate of drug-likeness (QED) is 0.187. The van der Waals surface area contributed by atoms with Gasteiger partial charge in [0.1, 0.15) is 11.6 Å². The highest BCUT2D eigenvalue weighted by atomic mass is 32.1. The smallest absolute Gasteiger partial charge is 0.301 e. The molecule has 1 amide bonds. The molecule has 1 saturated heterocycles. The summed E-state index contributed by atoms with van der Waals surface area (Å²) in [4.78, 5) is 32.6. The number of anilines is 1. The number of aliphatic hydroxyl groups excluding tert-OH is 1. The van der Waals surface area contributed by atoms with Crippen molar-refractivity contribution in [3.63, 3.8) is 0 Å². The fourth-order valence-corrected chi connectivity index (χ4v) is 5.34. The molecular weight excluding hydrogens is 495 g/mol. The van der Waals surface area contributed by atoms with E-state index in [0.29, 0.717) is 46.1 Å². The number of amides is 1. The predicted octanol–water partition coefficient (Wildman–Crippen LogP) is 5.86. The van der Waals surface area contributed by atoms with Gasteiger partial charge in [0.05, 0.1) is 35.0 Å². The number of carbonyl (C=O) groups excluding carboxylic acids is 2. The Kier molecular flexibility index (Phi) is 6.62. The summed E-state index contributed by atoms with van der Waals surface area (Å²) in [5.41, 5.74) is 1.34. The molecule has 3 aromatic carbocycles. The zero-order chi connectivity index (χ0) is 26.1. The second-order valence-electron chi connectivity index (χ2n) is 8.22. The van der Waals surface area contributed by atoms with Crippen LogP contribution < -0.4 is 14.4 Å². The Bertz CT molecular complexity index is 1530. The van der Waals surface area contributed by atoms with Gasteiger partial charge in [0, 0.05) is 5.56 Å². The molecule has 1 aliphatic heterocycles. The third kappa shape index (κ3) is 4.42. The van der Waals surface area contributed by atoms with Gasteiger partial charge in [0.15, 0.2) is 16.6 Å². The number of benzene rings is 3. The summed E-state index contributed by atoms with van der Waals surface area (Å²) in [5, 5.41) is 11.5. The number of rotatable bonds is 7. The summed E-state index contributed by atoms with van der Waals surface area (Å²) in [6, 6.07) is 16.8. The first-order valence-electron chi connectivity index (χ1n) is 11.7. The standard InChI is InChI=1S/C28H23FN2O5S/c1-3-35-20-13-10-17(14-21(20)36-4-2)24-23(25(32)16-8-6-5-7-9-16)26(33)27(34)31(24)28-30-19-12-11-18(29)15-22(19)37-28/h5-15,24,32H,3-4H2,1-2H3. The van der Waals surface area contributed by atoms with Crippen LogP contribution in [0.25, 0.3) is 16.0 Å². The molecule has 7 nitrogen and oxygen atoms in total. The molecule has 1 aliphatic rings. The number of hydrogen-bond acceptors (Lipinski definition) is 7. The average molecular weight is 519 g/mol. The van der Waals surface area contributed by atoms with Crippen LogP contribution in [0, 0.1) is 5.82 Å². The number of halogens is 1. The number of nitrogens with zero attached hydrogens (tertiary/aromatic N) is 2.